The van der Waals surface area contributed by atoms with Crippen LogP contribution in [0.5, 0.6) is 0 Å². The van der Waals surface area contributed by atoms with E-state index in [9.17, 15) is 44.3 Å². The van der Waals surface area contributed by atoms with Gasteiger partial charge in [0.15, 0.2) is 0 Å². The number of rotatable bonds is 10. The van der Waals surface area contributed by atoms with Gasteiger partial charge >= 0.3 is 23.7 Å². The molecule has 12 heteroatoms. The minimum absolute atomic E-state index is 0.0519. The largest absolute Gasteiger partial charge is 0.381 e. The van der Waals surface area contributed by atoms with Crippen LogP contribution in [-0.2, 0) is 4.79 Å². The minimum atomic E-state index is -6.56. The number of unbranched alkanes of at least 4 members (excludes halogenated alkanes) is 4. The van der Waals surface area contributed by atoms with Gasteiger partial charge in [-0.2, -0.15) is 35.1 Å². The highest BCUT2D eigenvalue weighted by atomic mass is 127. The van der Waals surface area contributed by atoms with Gasteiger partial charge in [0.25, 0.3) is 5.67 Å². The summed E-state index contributed by atoms with van der Waals surface area (Å²) in [5.41, 5.74) is -5.47. The van der Waals surface area contributed by atoms with Crippen LogP contribution in [0.4, 0.5) is 39.5 Å². The summed E-state index contributed by atoms with van der Waals surface area (Å²) in [5, 5.41) is 2.18. The van der Waals surface area contributed by atoms with E-state index < -0.39 is 52.2 Å². The van der Waals surface area contributed by atoms with Crippen LogP contribution in [0.15, 0.2) is 0 Å². The lowest BCUT2D eigenvalue weighted by Crippen LogP contribution is -2.56. The van der Waals surface area contributed by atoms with Crippen molar-refractivity contribution in [3.63, 3.8) is 0 Å². The second-order valence-corrected chi connectivity index (χ2v) is 8.63. The molecule has 28 heavy (non-hydrogen) atoms. The van der Waals surface area contributed by atoms with Gasteiger partial charge in [0.1, 0.15) is 0 Å². The number of carbonyl (C=O) groups is 1. The number of halogens is 10. The molecule has 1 fully saturated rings. The first-order valence-corrected chi connectivity index (χ1v) is 9.95. The second-order valence-electron chi connectivity index (χ2n) is 6.87. The van der Waals surface area contributed by atoms with Gasteiger partial charge in [0.2, 0.25) is 5.91 Å². The maximum atomic E-state index is 14.4. The van der Waals surface area contributed by atoms with E-state index in [-0.39, 0.29) is 6.42 Å². The molecule has 1 rings (SSSR count). The molecule has 1 unspecified atom stereocenters. The van der Waals surface area contributed by atoms with Crippen molar-refractivity contribution in [3.8, 4) is 0 Å². The maximum absolute atomic E-state index is 14.4. The summed E-state index contributed by atoms with van der Waals surface area (Å²) >= 11 is 1.18. The Hall–Kier alpha value is -0.430. The first-order chi connectivity index (χ1) is 12.6. The maximum Gasteiger partial charge on any atom is 0.381 e. The molecule has 1 amide bonds. The topological polar surface area (TPSA) is 29.1 Å². The third kappa shape index (κ3) is 4.07. The average molecular weight is 541 g/mol. The molecule has 0 bridgehead atoms. The van der Waals surface area contributed by atoms with Gasteiger partial charge in [0.05, 0.1) is 0 Å². The van der Waals surface area contributed by atoms with Gasteiger partial charge in [-0.1, -0.05) is 55.2 Å². The van der Waals surface area contributed by atoms with E-state index in [0.29, 0.717) is 6.42 Å². The van der Waals surface area contributed by atoms with E-state index in [0.717, 1.165) is 25.7 Å². The quantitative estimate of drug-likeness (QED) is 0.158. The molecule has 0 aliphatic heterocycles. The number of hydrogen-bond acceptors (Lipinski definition) is 1. The third-order valence-electron chi connectivity index (χ3n) is 4.71. The molecule has 0 aromatic carbocycles. The lowest BCUT2D eigenvalue weighted by atomic mass is 9.91. The van der Waals surface area contributed by atoms with Crippen molar-refractivity contribution in [2.45, 2.75) is 85.2 Å². The SMILES string of the molecule is CCCCCCCC(=O)NCC(I)CC1(F)C(F)(F)C(F)(F)C(F)(F)C1(F)F. The molecule has 1 N–H and O–H groups in total. The van der Waals surface area contributed by atoms with Crippen molar-refractivity contribution >= 4 is 28.5 Å². The lowest BCUT2D eigenvalue weighted by molar-refractivity contribution is -0.303. The molecular weight excluding hydrogens is 520 g/mol. The highest BCUT2D eigenvalue weighted by molar-refractivity contribution is 14.1. The van der Waals surface area contributed by atoms with Gasteiger partial charge in [-0.3, -0.25) is 4.79 Å². The predicted octanol–water partition coefficient (Wildman–Crippen LogP) is 5.92. The first-order valence-electron chi connectivity index (χ1n) is 8.71. The van der Waals surface area contributed by atoms with Gasteiger partial charge in [0, 0.05) is 23.3 Å². The summed E-state index contributed by atoms with van der Waals surface area (Å²) in [5.74, 6) is -26.3. The number of nitrogens with one attached hydrogen (secondary N) is 1. The Kier molecular flexibility index (Phi) is 8.00. The van der Waals surface area contributed by atoms with E-state index in [1.54, 1.807) is 0 Å². The fourth-order valence-corrected chi connectivity index (χ4v) is 3.75. The first kappa shape index (κ1) is 25.6. The van der Waals surface area contributed by atoms with Crippen molar-refractivity contribution in [3.05, 3.63) is 0 Å². The predicted molar refractivity (Wildman–Crippen MR) is 92.4 cm³/mol. The average Bonchev–Trinajstić information content (AvgIpc) is 2.62. The van der Waals surface area contributed by atoms with Gasteiger partial charge < -0.3 is 5.32 Å². The zero-order valence-electron chi connectivity index (χ0n) is 14.9. The zero-order valence-corrected chi connectivity index (χ0v) is 17.1. The van der Waals surface area contributed by atoms with Crippen molar-refractivity contribution in [1.82, 2.24) is 5.32 Å². The molecule has 166 valence electrons. The van der Waals surface area contributed by atoms with Crippen LogP contribution in [0.2, 0.25) is 0 Å². The van der Waals surface area contributed by atoms with Gasteiger partial charge in [-0.05, 0) is 6.42 Å². The summed E-state index contributed by atoms with van der Waals surface area (Å²) in [6.07, 6.45) is 2.20. The standard InChI is InChI=1S/C16H21F9INO/c1-2-3-4-5-6-7-11(28)27-9-10(26)8-12(17)13(18,19)15(22,23)16(24,25)14(12,20)21/h10H,2-9H2,1H3,(H,27,28). The molecule has 0 aromatic heterocycles. The highest BCUT2D eigenvalue weighted by Crippen LogP contribution is 2.70. The molecule has 1 saturated carbocycles. The van der Waals surface area contributed by atoms with Crippen LogP contribution in [0.1, 0.15) is 51.9 Å². The molecular formula is C16H21F9INO. The lowest BCUT2D eigenvalue weighted by Gasteiger charge is -2.32. The van der Waals surface area contributed by atoms with E-state index in [2.05, 4.69) is 5.32 Å². The van der Waals surface area contributed by atoms with Crippen molar-refractivity contribution in [1.29, 1.82) is 0 Å². The molecule has 0 radical (unpaired) electrons. The monoisotopic (exact) mass is 541 g/mol. The molecule has 1 aliphatic carbocycles. The summed E-state index contributed by atoms with van der Waals surface area (Å²) in [6, 6.07) is 0. The van der Waals surface area contributed by atoms with Crippen LogP contribution >= 0.6 is 22.6 Å². The van der Waals surface area contributed by atoms with E-state index >= 15 is 0 Å². The van der Waals surface area contributed by atoms with Crippen LogP contribution in [0.25, 0.3) is 0 Å². The highest BCUT2D eigenvalue weighted by Gasteiger charge is 3.00. The van der Waals surface area contributed by atoms with Crippen LogP contribution in [0.3, 0.4) is 0 Å². The van der Waals surface area contributed by atoms with Crippen molar-refractivity contribution in [2.75, 3.05) is 6.54 Å². The normalized spacial score (nSPS) is 24.7. The summed E-state index contributed by atoms with van der Waals surface area (Å²) in [6.45, 7) is 1.39. The summed E-state index contributed by atoms with van der Waals surface area (Å²) < 4.78 is 120. The Bertz CT molecular complexity index is 530. The van der Waals surface area contributed by atoms with Crippen molar-refractivity contribution < 1.29 is 44.3 Å². The molecule has 0 aromatic rings. The van der Waals surface area contributed by atoms with Crippen LogP contribution in [-0.4, -0.2) is 45.7 Å². The fraction of sp³-hybridized carbons (Fsp3) is 0.938. The van der Waals surface area contributed by atoms with Crippen molar-refractivity contribution in [2.24, 2.45) is 0 Å². The fourth-order valence-electron chi connectivity index (χ4n) is 2.93. The summed E-state index contributed by atoms with van der Waals surface area (Å²) in [4.78, 5) is 11.6. The molecule has 0 saturated heterocycles. The minimum Gasteiger partial charge on any atom is -0.355 e. The van der Waals surface area contributed by atoms with Crippen LogP contribution in [0, 0.1) is 0 Å². The summed E-state index contributed by atoms with van der Waals surface area (Å²) in [7, 11) is 0. The second kappa shape index (κ2) is 8.75. The number of hydrogen-bond donors (Lipinski definition) is 1. The molecule has 2 nitrogen and oxygen atoms in total. The smallest absolute Gasteiger partial charge is 0.355 e. The van der Waals surface area contributed by atoms with Gasteiger partial charge in [-0.25, -0.2) is 4.39 Å². The molecule has 0 spiro atoms. The molecule has 0 heterocycles. The zero-order chi connectivity index (χ0) is 22.0. The Morgan fingerprint density at radius 3 is 1.75 bits per heavy atom. The Morgan fingerprint density at radius 1 is 0.821 bits per heavy atom. The van der Waals surface area contributed by atoms with E-state index in [1.165, 1.54) is 22.6 Å². The van der Waals surface area contributed by atoms with E-state index in [4.69, 9.17) is 0 Å². The van der Waals surface area contributed by atoms with Gasteiger partial charge in [-0.15, -0.1) is 0 Å². The van der Waals surface area contributed by atoms with Crippen LogP contribution < -0.4 is 5.32 Å². The van der Waals surface area contributed by atoms with E-state index in [1.807, 2.05) is 6.92 Å². The Balaban J connectivity index is 2.72. The number of alkyl halides is 10. The third-order valence-corrected chi connectivity index (χ3v) is 5.59. The number of amides is 1. The number of carbonyl (C=O) groups excluding carboxylic acids is 1. The molecule has 1 aliphatic rings. The Morgan fingerprint density at radius 2 is 1.29 bits per heavy atom. The Labute approximate surface area is 170 Å². The molecule has 1 atom stereocenters.